The summed E-state index contributed by atoms with van der Waals surface area (Å²) in [4.78, 5) is 6.73. The zero-order chi connectivity index (χ0) is 11.5. The topological polar surface area (TPSA) is 36.4 Å². The Bertz CT molecular complexity index is 340. The fourth-order valence-corrected chi connectivity index (χ4v) is 3.25. The number of thiazole rings is 1. The van der Waals surface area contributed by atoms with Crippen molar-refractivity contribution in [1.82, 2.24) is 9.88 Å². The van der Waals surface area contributed by atoms with Gasteiger partial charge < -0.3 is 5.11 Å². The van der Waals surface area contributed by atoms with Crippen molar-refractivity contribution >= 4 is 11.3 Å². The summed E-state index contributed by atoms with van der Waals surface area (Å²) in [7, 11) is 2.11. The van der Waals surface area contributed by atoms with Crippen LogP contribution < -0.4 is 0 Å². The first-order valence-electron chi connectivity index (χ1n) is 5.93. The molecule has 0 aliphatic heterocycles. The SMILES string of the molecule is Cc1csc(CN(C)CC2CCCC2O)n1. The summed E-state index contributed by atoms with van der Waals surface area (Å²) in [5, 5.41) is 13.0. The van der Waals surface area contributed by atoms with Crippen molar-refractivity contribution in [1.29, 1.82) is 0 Å². The lowest BCUT2D eigenvalue weighted by atomic mass is 10.1. The van der Waals surface area contributed by atoms with Crippen LogP contribution in [0.5, 0.6) is 0 Å². The average Bonchev–Trinajstić information content (AvgIpc) is 2.77. The summed E-state index contributed by atoms with van der Waals surface area (Å²) in [6, 6.07) is 0. The zero-order valence-electron chi connectivity index (χ0n) is 10.0. The lowest BCUT2D eigenvalue weighted by Gasteiger charge is -2.22. The fourth-order valence-electron chi connectivity index (χ4n) is 2.40. The van der Waals surface area contributed by atoms with Gasteiger partial charge in [-0.1, -0.05) is 6.42 Å². The third-order valence-electron chi connectivity index (χ3n) is 3.24. The molecule has 90 valence electrons. The summed E-state index contributed by atoms with van der Waals surface area (Å²) >= 11 is 1.72. The first-order chi connectivity index (χ1) is 7.65. The van der Waals surface area contributed by atoms with Gasteiger partial charge in [0, 0.05) is 17.6 Å². The van der Waals surface area contributed by atoms with Crippen LogP contribution in [-0.4, -0.2) is 34.7 Å². The van der Waals surface area contributed by atoms with E-state index in [4.69, 9.17) is 0 Å². The van der Waals surface area contributed by atoms with Crippen LogP contribution in [0, 0.1) is 12.8 Å². The Balaban J connectivity index is 1.82. The molecule has 0 amide bonds. The molecule has 1 fully saturated rings. The van der Waals surface area contributed by atoms with Gasteiger partial charge in [0.15, 0.2) is 0 Å². The second-order valence-corrected chi connectivity index (χ2v) is 5.78. The number of rotatable bonds is 4. The van der Waals surface area contributed by atoms with Crippen molar-refractivity contribution in [2.75, 3.05) is 13.6 Å². The van der Waals surface area contributed by atoms with Crippen LogP contribution in [0.15, 0.2) is 5.38 Å². The molecule has 2 unspecified atom stereocenters. The van der Waals surface area contributed by atoms with E-state index in [-0.39, 0.29) is 6.10 Å². The van der Waals surface area contributed by atoms with Gasteiger partial charge in [0.25, 0.3) is 0 Å². The standard InChI is InChI=1S/C12H20N2OS/c1-9-8-16-12(13-9)7-14(2)6-10-4-3-5-11(10)15/h8,10-11,15H,3-7H2,1-2H3. The van der Waals surface area contributed by atoms with Crippen LogP contribution in [0.3, 0.4) is 0 Å². The van der Waals surface area contributed by atoms with Gasteiger partial charge in [-0.25, -0.2) is 4.98 Å². The van der Waals surface area contributed by atoms with Crippen LogP contribution >= 0.6 is 11.3 Å². The maximum atomic E-state index is 9.77. The molecule has 1 aromatic rings. The molecule has 1 saturated carbocycles. The minimum Gasteiger partial charge on any atom is -0.393 e. The van der Waals surface area contributed by atoms with E-state index < -0.39 is 0 Å². The van der Waals surface area contributed by atoms with Gasteiger partial charge in [-0.15, -0.1) is 11.3 Å². The van der Waals surface area contributed by atoms with E-state index in [1.54, 1.807) is 11.3 Å². The van der Waals surface area contributed by atoms with Crippen molar-refractivity contribution in [2.45, 2.75) is 38.8 Å². The summed E-state index contributed by atoms with van der Waals surface area (Å²) < 4.78 is 0. The summed E-state index contributed by atoms with van der Waals surface area (Å²) in [5.41, 5.74) is 1.11. The van der Waals surface area contributed by atoms with Crippen LogP contribution in [0.1, 0.15) is 30.0 Å². The number of nitrogens with zero attached hydrogens (tertiary/aromatic N) is 2. The third-order valence-corrected chi connectivity index (χ3v) is 4.19. The molecule has 1 aromatic heterocycles. The molecule has 0 bridgehead atoms. The Hall–Kier alpha value is -0.450. The van der Waals surface area contributed by atoms with Gasteiger partial charge in [-0.05, 0) is 32.7 Å². The molecule has 1 N–H and O–H groups in total. The molecular formula is C12H20N2OS. The van der Waals surface area contributed by atoms with E-state index in [0.717, 1.165) is 25.2 Å². The molecular weight excluding hydrogens is 220 g/mol. The first-order valence-corrected chi connectivity index (χ1v) is 6.80. The molecule has 1 heterocycles. The molecule has 0 aromatic carbocycles. The number of aliphatic hydroxyl groups is 1. The number of hydrogen-bond acceptors (Lipinski definition) is 4. The van der Waals surface area contributed by atoms with E-state index in [1.807, 2.05) is 6.92 Å². The predicted octanol–water partition coefficient (Wildman–Crippen LogP) is 2.04. The maximum absolute atomic E-state index is 9.77. The summed E-state index contributed by atoms with van der Waals surface area (Å²) in [6.07, 6.45) is 3.24. The van der Waals surface area contributed by atoms with E-state index in [1.165, 1.54) is 17.8 Å². The second kappa shape index (κ2) is 5.25. The van der Waals surface area contributed by atoms with Gasteiger partial charge in [-0.3, -0.25) is 4.90 Å². The molecule has 16 heavy (non-hydrogen) atoms. The van der Waals surface area contributed by atoms with Crippen molar-refractivity contribution in [3.8, 4) is 0 Å². The van der Waals surface area contributed by atoms with Crippen molar-refractivity contribution in [3.63, 3.8) is 0 Å². The van der Waals surface area contributed by atoms with E-state index in [2.05, 4.69) is 22.3 Å². The van der Waals surface area contributed by atoms with Gasteiger partial charge >= 0.3 is 0 Å². The highest BCUT2D eigenvalue weighted by molar-refractivity contribution is 7.09. The van der Waals surface area contributed by atoms with Crippen LogP contribution in [0.25, 0.3) is 0 Å². The largest absolute Gasteiger partial charge is 0.393 e. The van der Waals surface area contributed by atoms with E-state index in [9.17, 15) is 5.11 Å². The fraction of sp³-hybridized carbons (Fsp3) is 0.750. The molecule has 1 aliphatic rings. The Labute approximate surface area is 101 Å². The van der Waals surface area contributed by atoms with Gasteiger partial charge in [-0.2, -0.15) is 0 Å². The summed E-state index contributed by atoms with van der Waals surface area (Å²) in [5.74, 6) is 0.464. The highest BCUT2D eigenvalue weighted by Crippen LogP contribution is 2.26. The van der Waals surface area contributed by atoms with Crippen LogP contribution in [-0.2, 0) is 6.54 Å². The highest BCUT2D eigenvalue weighted by Gasteiger charge is 2.26. The van der Waals surface area contributed by atoms with Crippen molar-refractivity contribution in [3.05, 3.63) is 16.1 Å². The number of aromatic nitrogens is 1. The third kappa shape index (κ3) is 3.03. The molecule has 0 saturated heterocycles. The highest BCUT2D eigenvalue weighted by atomic mass is 32.1. The van der Waals surface area contributed by atoms with Crippen LogP contribution in [0.4, 0.5) is 0 Å². The normalized spacial score (nSPS) is 25.5. The quantitative estimate of drug-likeness (QED) is 0.875. The molecule has 0 radical (unpaired) electrons. The number of hydrogen-bond donors (Lipinski definition) is 1. The molecule has 0 spiro atoms. The van der Waals surface area contributed by atoms with Gasteiger partial charge in [0.05, 0.1) is 12.6 Å². The first kappa shape index (κ1) is 12.0. The predicted molar refractivity (Wildman–Crippen MR) is 66.5 cm³/mol. The average molecular weight is 240 g/mol. The molecule has 2 rings (SSSR count). The minimum absolute atomic E-state index is 0.0829. The Morgan fingerprint density at radius 1 is 1.56 bits per heavy atom. The molecule has 3 nitrogen and oxygen atoms in total. The van der Waals surface area contributed by atoms with Crippen molar-refractivity contribution < 1.29 is 5.11 Å². The zero-order valence-corrected chi connectivity index (χ0v) is 10.8. The van der Waals surface area contributed by atoms with E-state index >= 15 is 0 Å². The lowest BCUT2D eigenvalue weighted by molar-refractivity contribution is 0.108. The Morgan fingerprint density at radius 2 is 2.38 bits per heavy atom. The Kier molecular flexibility index (Phi) is 3.95. The lowest BCUT2D eigenvalue weighted by Crippen LogP contribution is -2.29. The number of aryl methyl sites for hydroxylation is 1. The number of aliphatic hydroxyl groups excluding tert-OH is 1. The monoisotopic (exact) mass is 240 g/mol. The van der Waals surface area contributed by atoms with Gasteiger partial charge in [0.1, 0.15) is 5.01 Å². The smallest absolute Gasteiger partial charge is 0.107 e. The minimum atomic E-state index is -0.0829. The molecule has 2 atom stereocenters. The molecule has 4 heteroatoms. The maximum Gasteiger partial charge on any atom is 0.107 e. The van der Waals surface area contributed by atoms with E-state index in [0.29, 0.717) is 5.92 Å². The Morgan fingerprint density at radius 3 is 2.94 bits per heavy atom. The summed E-state index contributed by atoms with van der Waals surface area (Å²) in [6.45, 7) is 3.92. The molecule has 1 aliphatic carbocycles. The van der Waals surface area contributed by atoms with Crippen LogP contribution in [0.2, 0.25) is 0 Å². The van der Waals surface area contributed by atoms with Gasteiger partial charge in [0.2, 0.25) is 0 Å². The van der Waals surface area contributed by atoms with Crippen molar-refractivity contribution in [2.24, 2.45) is 5.92 Å². The second-order valence-electron chi connectivity index (χ2n) is 4.84.